The van der Waals surface area contributed by atoms with E-state index < -0.39 is 0 Å². The average Bonchev–Trinajstić information content (AvgIpc) is 2.47. The summed E-state index contributed by atoms with van der Waals surface area (Å²) in [6, 6.07) is 8.56. The molecular weight excluding hydrogens is 244 g/mol. The third kappa shape index (κ3) is 2.24. The minimum Gasteiger partial charge on any atom is -0.378 e. The van der Waals surface area contributed by atoms with Crippen molar-refractivity contribution in [3.8, 4) is 0 Å². The van der Waals surface area contributed by atoms with Crippen LogP contribution in [0.1, 0.15) is 10.5 Å². The van der Waals surface area contributed by atoms with Gasteiger partial charge in [-0.2, -0.15) is 0 Å². The molecule has 0 bridgehead atoms. The molecule has 0 unspecified atom stereocenters. The highest BCUT2D eigenvalue weighted by molar-refractivity contribution is 5.94. The number of H-pyrrole nitrogens is 1. The molecule has 1 aromatic heterocycles. The van der Waals surface area contributed by atoms with E-state index in [1.54, 1.807) is 23.1 Å². The fourth-order valence-corrected chi connectivity index (χ4v) is 2.25. The largest absolute Gasteiger partial charge is 0.378 e. The second-order valence-corrected chi connectivity index (χ2v) is 4.50. The molecule has 1 amide bonds. The Bertz CT molecular complexity index is 672. The number of morpholine rings is 1. The predicted octanol–water partition coefficient (Wildman–Crippen LogP) is 1.00. The highest BCUT2D eigenvalue weighted by Crippen LogP contribution is 2.10. The number of aromatic nitrogens is 1. The van der Waals surface area contributed by atoms with Gasteiger partial charge < -0.3 is 14.6 Å². The zero-order valence-electron chi connectivity index (χ0n) is 10.4. The van der Waals surface area contributed by atoms with Crippen LogP contribution in [0.5, 0.6) is 0 Å². The smallest absolute Gasteiger partial charge is 0.270 e. The van der Waals surface area contributed by atoms with Gasteiger partial charge in [0.1, 0.15) is 5.69 Å². The molecule has 2 heterocycles. The van der Waals surface area contributed by atoms with E-state index in [0.717, 1.165) is 0 Å². The fraction of sp³-hybridized carbons (Fsp3) is 0.286. The lowest BCUT2D eigenvalue weighted by Gasteiger charge is -2.26. The first kappa shape index (κ1) is 11.9. The number of carbonyl (C=O) groups is 1. The summed E-state index contributed by atoms with van der Waals surface area (Å²) in [4.78, 5) is 29.0. The Balaban J connectivity index is 2.00. The van der Waals surface area contributed by atoms with Crippen molar-refractivity contribution in [3.63, 3.8) is 0 Å². The molecule has 0 spiro atoms. The number of carbonyl (C=O) groups excluding carboxylic acids is 1. The van der Waals surface area contributed by atoms with Crippen LogP contribution in [0.3, 0.4) is 0 Å². The SMILES string of the molecule is O=C(c1cc(=O)c2ccccc2[nH]1)N1CCOCC1. The summed E-state index contributed by atoms with van der Waals surface area (Å²) in [5, 5.41) is 0.598. The summed E-state index contributed by atoms with van der Waals surface area (Å²) in [5.41, 5.74) is 0.892. The summed E-state index contributed by atoms with van der Waals surface area (Å²) in [5.74, 6) is -0.147. The number of rotatable bonds is 1. The highest BCUT2D eigenvalue weighted by atomic mass is 16.5. The van der Waals surface area contributed by atoms with Crippen LogP contribution < -0.4 is 5.43 Å². The molecule has 19 heavy (non-hydrogen) atoms. The van der Waals surface area contributed by atoms with Gasteiger partial charge in [0, 0.05) is 30.1 Å². The number of nitrogens with zero attached hydrogens (tertiary/aromatic N) is 1. The first-order valence-electron chi connectivity index (χ1n) is 6.25. The normalized spacial score (nSPS) is 15.7. The Morgan fingerprint density at radius 3 is 2.74 bits per heavy atom. The first-order valence-corrected chi connectivity index (χ1v) is 6.25. The third-order valence-corrected chi connectivity index (χ3v) is 3.27. The number of nitrogens with one attached hydrogen (secondary N) is 1. The molecule has 2 aromatic rings. The monoisotopic (exact) mass is 258 g/mol. The molecule has 1 aliphatic heterocycles. The van der Waals surface area contributed by atoms with Crippen molar-refractivity contribution in [1.82, 2.24) is 9.88 Å². The molecule has 1 aromatic carbocycles. The van der Waals surface area contributed by atoms with Crippen molar-refractivity contribution < 1.29 is 9.53 Å². The molecule has 3 rings (SSSR count). The fourth-order valence-electron chi connectivity index (χ4n) is 2.25. The Morgan fingerprint density at radius 2 is 1.95 bits per heavy atom. The zero-order chi connectivity index (χ0) is 13.2. The van der Waals surface area contributed by atoms with Crippen molar-refractivity contribution in [3.05, 3.63) is 46.2 Å². The maximum atomic E-state index is 12.3. The van der Waals surface area contributed by atoms with E-state index in [-0.39, 0.29) is 11.3 Å². The number of hydrogen-bond acceptors (Lipinski definition) is 3. The lowest BCUT2D eigenvalue weighted by molar-refractivity contribution is 0.0299. The van der Waals surface area contributed by atoms with Gasteiger partial charge in [-0.15, -0.1) is 0 Å². The molecule has 1 saturated heterocycles. The first-order chi connectivity index (χ1) is 9.25. The zero-order valence-corrected chi connectivity index (χ0v) is 10.4. The summed E-state index contributed by atoms with van der Waals surface area (Å²) in [7, 11) is 0. The molecular formula is C14H14N2O3. The predicted molar refractivity (Wildman–Crippen MR) is 71.3 cm³/mol. The number of benzene rings is 1. The summed E-state index contributed by atoms with van der Waals surface area (Å²) in [6.45, 7) is 2.22. The lowest BCUT2D eigenvalue weighted by Crippen LogP contribution is -2.41. The Kier molecular flexibility index (Phi) is 3.05. The number of amides is 1. The van der Waals surface area contributed by atoms with Crippen LogP contribution in [0.2, 0.25) is 0 Å². The van der Waals surface area contributed by atoms with E-state index in [0.29, 0.717) is 42.9 Å². The van der Waals surface area contributed by atoms with Crippen LogP contribution in [0.4, 0.5) is 0 Å². The van der Waals surface area contributed by atoms with Crippen LogP contribution in [0.25, 0.3) is 10.9 Å². The van der Waals surface area contributed by atoms with E-state index >= 15 is 0 Å². The maximum absolute atomic E-state index is 12.3. The van der Waals surface area contributed by atoms with Crippen molar-refractivity contribution in [2.75, 3.05) is 26.3 Å². The van der Waals surface area contributed by atoms with Gasteiger partial charge in [0.2, 0.25) is 0 Å². The van der Waals surface area contributed by atoms with E-state index in [1.807, 2.05) is 6.07 Å². The number of para-hydroxylation sites is 1. The Labute approximate surface area is 109 Å². The number of aromatic amines is 1. The molecule has 5 heteroatoms. The molecule has 1 aliphatic rings. The molecule has 5 nitrogen and oxygen atoms in total. The molecule has 1 N–H and O–H groups in total. The lowest BCUT2D eigenvalue weighted by atomic mass is 10.2. The van der Waals surface area contributed by atoms with Crippen LogP contribution in [-0.2, 0) is 4.74 Å². The van der Waals surface area contributed by atoms with Crippen molar-refractivity contribution in [2.24, 2.45) is 0 Å². The van der Waals surface area contributed by atoms with Gasteiger partial charge in [0.15, 0.2) is 5.43 Å². The molecule has 0 saturated carbocycles. The topological polar surface area (TPSA) is 62.4 Å². The quantitative estimate of drug-likeness (QED) is 0.830. The summed E-state index contributed by atoms with van der Waals surface area (Å²) < 4.78 is 5.21. The molecule has 0 atom stereocenters. The number of hydrogen-bond donors (Lipinski definition) is 1. The van der Waals surface area contributed by atoms with E-state index in [2.05, 4.69) is 4.98 Å². The summed E-state index contributed by atoms with van der Waals surface area (Å²) >= 11 is 0. The van der Waals surface area contributed by atoms with Gasteiger partial charge in [0.25, 0.3) is 5.91 Å². The number of pyridine rings is 1. The molecule has 0 radical (unpaired) electrons. The second-order valence-electron chi connectivity index (χ2n) is 4.50. The Morgan fingerprint density at radius 1 is 1.21 bits per heavy atom. The van der Waals surface area contributed by atoms with Gasteiger partial charge in [-0.1, -0.05) is 12.1 Å². The molecule has 98 valence electrons. The number of ether oxygens (including phenoxy) is 1. The van der Waals surface area contributed by atoms with Crippen molar-refractivity contribution in [1.29, 1.82) is 0 Å². The van der Waals surface area contributed by atoms with Gasteiger partial charge >= 0.3 is 0 Å². The molecule has 0 aliphatic carbocycles. The third-order valence-electron chi connectivity index (χ3n) is 3.27. The van der Waals surface area contributed by atoms with Gasteiger partial charge in [-0.25, -0.2) is 0 Å². The average molecular weight is 258 g/mol. The molecule has 1 fully saturated rings. The number of fused-ring (bicyclic) bond motifs is 1. The van der Waals surface area contributed by atoms with E-state index in [9.17, 15) is 9.59 Å². The Hall–Kier alpha value is -2.14. The van der Waals surface area contributed by atoms with Gasteiger partial charge in [-0.05, 0) is 12.1 Å². The standard InChI is InChI=1S/C14H14N2O3/c17-13-9-12(14(18)16-5-7-19-8-6-16)15-11-4-2-1-3-10(11)13/h1-4,9H,5-8H2,(H,15,17). The van der Waals surface area contributed by atoms with Crippen molar-refractivity contribution >= 4 is 16.8 Å². The van der Waals surface area contributed by atoms with Gasteiger partial charge in [-0.3, -0.25) is 9.59 Å². The van der Waals surface area contributed by atoms with Crippen LogP contribution >= 0.6 is 0 Å². The summed E-state index contributed by atoms with van der Waals surface area (Å²) in [6.07, 6.45) is 0. The highest BCUT2D eigenvalue weighted by Gasteiger charge is 2.19. The second kappa shape index (κ2) is 4.85. The van der Waals surface area contributed by atoms with Crippen molar-refractivity contribution in [2.45, 2.75) is 0 Å². The van der Waals surface area contributed by atoms with Gasteiger partial charge in [0.05, 0.1) is 13.2 Å². The minimum atomic E-state index is -0.147. The van der Waals surface area contributed by atoms with Crippen LogP contribution in [0, 0.1) is 0 Å². The van der Waals surface area contributed by atoms with E-state index in [1.165, 1.54) is 6.07 Å². The minimum absolute atomic E-state index is 0.133. The van der Waals surface area contributed by atoms with Crippen LogP contribution in [0.15, 0.2) is 35.1 Å². The van der Waals surface area contributed by atoms with E-state index in [4.69, 9.17) is 4.74 Å². The maximum Gasteiger partial charge on any atom is 0.270 e. The van der Waals surface area contributed by atoms with Crippen LogP contribution in [-0.4, -0.2) is 42.1 Å².